The number of nitrogens with zero attached hydrogens (tertiary/aromatic N) is 3. The van der Waals surface area contributed by atoms with Crippen LogP contribution in [-0.2, 0) is 13.2 Å². The molecule has 0 aliphatic heterocycles. The minimum atomic E-state index is -1.03. The molecule has 0 saturated carbocycles. The lowest BCUT2D eigenvalue weighted by atomic mass is 9.90. The zero-order chi connectivity index (χ0) is 26.9. The van der Waals surface area contributed by atoms with Crippen LogP contribution in [0.25, 0.3) is 11.3 Å². The van der Waals surface area contributed by atoms with Gasteiger partial charge in [0.2, 0.25) is 0 Å². The quantitative estimate of drug-likeness (QED) is 0.190. The molecule has 198 valence electrons. The highest BCUT2D eigenvalue weighted by Crippen LogP contribution is 2.28. The monoisotopic (exact) mass is 529 g/mol. The number of carboxylic acids is 1. The molecule has 6 nitrogen and oxygen atoms in total. The maximum absolute atomic E-state index is 11.1. The van der Waals surface area contributed by atoms with Crippen molar-refractivity contribution in [2.45, 2.75) is 58.6 Å². The lowest BCUT2D eigenvalue weighted by molar-refractivity contribution is 0.0696. The average molecular weight is 530 g/mol. The molecule has 0 aliphatic carbocycles. The molecule has 2 aromatic heterocycles. The molecule has 0 bridgehead atoms. The highest BCUT2D eigenvalue weighted by Gasteiger charge is 2.11. The number of rotatable bonds is 13. The second-order valence-electron chi connectivity index (χ2n) is 9.55. The second-order valence-corrected chi connectivity index (χ2v) is 10.5. The first kappa shape index (κ1) is 27.3. The van der Waals surface area contributed by atoms with E-state index in [1.54, 1.807) is 0 Å². The van der Waals surface area contributed by atoms with E-state index in [1.165, 1.54) is 66.6 Å². The Morgan fingerprint density at radius 1 is 1.03 bits per heavy atom. The molecule has 38 heavy (non-hydrogen) atoms. The Kier molecular flexibility index (Phi) is 9.49. The largest absolute Gasteiger partial charge is 0.485 e. The maximum atomic E-state index is 11.1. The minimum Gasteiger partial charge on any atom is -0.485 e. The van der Waals surface area contributed by atoms with Crippen LogP contribution in [0.15, 0.2) is 72.4 Å². The normalized spacial score (nSPS) is 11.1. The summed E-state index contributed by atoms with van der Waals surface area (Å²) in [7, 11) is 2.12. The van der Waals surface area contributed by atoms with Gasteiger partial charge < -0.3 is 14.7 Å². The second kappa shape index (κ2) is 13.2. The molecule has 1 N–H and O–H groups in total. The summed E-state index contributed by atoms with van der Waals surface area (Å²) in [5.74, 6) is 0.0436. The molecule has 0 fully saturated rings. The van der Waals surface area contributed by atoms with Crippen LogP contribution in [0.5, 0.6) is 5.75 Å². The molecule has 0 spiro atoms. The molecule has 0 radical (unpaired) electrons. The van der Waals surface area contributed by atoms with Gasteiger partial charge in [0.15, 0.2) is 0 Å². The Bertz CT molecular complexity index is 1310. The topological polar surface area (TPSA) is 75.5 Å². The number of anilines is 1. The number of carboxylic acid groups (broad SMARTS) is 1. The van der Waals surface area contributed by atoms with E-state index in [-0.39, 0.29) is 12.2 Å². The number of pyridine rings is 1. The van der Waals surface area contributed by atoms with Gasteiger partial charge in [-0.15, -0.1) is 11.3 Å². The van der Waals surface area contributed by atoms with Crippen molar-refractivity contribution in [3.05, 3.63) is 94.1 Å². The van der Waals surface area contributed by atoms with Crippen molar-refractivity contribution in [2.75, 3.05) is 11.9 Å². The fourth-order valence-electron chi connectivity index (χ4n) is 4.59. The van der Waals surface area contributed by atoms with Gasteiger partial charge in [-0.05, 0) is 48.1 Å². The molecule has 0 saturated heterocycles. The first-order valence-electron chi connectivity index (χ1n) is 13.1. The summed E-state index contributed by atoms with van der Waals surface area (Å²) in [5.41, 5.74) is 5.95. The molecule has 4 rings (SSSR count). The average Bonchev–Trinajstić information content (AvgIpc) is 3.42. The van der Waals surface area contributed by atoms with Crippen molar-refractivity contribution in [1.82, 2.24) is 9.97 Å². The number of carbonyl (C=O) groups is 1. The maximum Gasteiger partial charge on any atom is 0.337 e. The Balaban J connectivity index is 1.34. The zero-order valence-electron chi connectivity index (χ0n) is 22.3. The summed E-state index contributed by atoms with van der Waals surface area (Å²) >= 11 is 1.51. The van der Waals surface area contributed by atoms with Gasteiger partial charge in [0, 0.05) is 36.4 Å². The van der Waals surface area contributed by atoms with Crippen molar-refractivity contribution in [2.24, 2.45) is 0 Å². The Labute approximate surface area is 229 Å². The van der Waals surface area contributed by atoms with E-state index >= 15 is 0 Å². The highest BCUT2D eigenvalue weighted by atomic mass is 32.1. The first-order chi connectivity index (χ1) is 18.5. The summed E-state index contributed by atoms with van der Waals surface area (Å²) < 4.78 is 5.70. The van der Waals surface area contributed by atoms with Crippen LogP contribution in [-0.4, -0.2) is 28.1 Å². The predicted octanol–water partition coefficient (Wildman–Crippen LogP) is 7.80. The third-order valence-corrected chi connectivity index (χ3v) is 7.45. The van der Waals surface area contributed by atoms with E-state index in [0.29, 0.717) is 11.7 Å². The minimum absolute atomic E-state index is 0.0944. The summed E-state index contributed by atoms with van der Waals surface area (Å²) in [4.78, 5) is 22.0. The lowest BCUT2D eigenvalue weighted by Crippen LogP contribution is -2.16. The third kappa shape index (κ3) is 7.19. The van der Waals surface area contributed by atoms with Crippen LogP contribution in [0.3, 0.4) is 0 Å². The first-order valence-corrected chi connectivity index (χ1v) is 14.0. The molecular formula is C31H35N3O3S. The molecular weight excluding hydrogens is 494 g/mol. The molecule has 2 aromatic carbocycles. The standard InChI is InChI=1S/C31H35N3O3S/c1-4-6-23(7-5-2)24-10-8-22(9-11-24)19-34(3)27-14-12-25(13-15-27)29-21-38-30(33-29)20-37-28-16-26(31(35)36)17-32-18-28/h8-18,21,23H,4-7,19-20H2,1-3H3,(H,35,36). The van der Waals surface area contributed by atoms with Gasteiger partial charge in [-0.25, -0.2) is 9.78 Å². The number of aromatic carboxylic acids is 1. The van der Waals surface area contributed by atoms with Gasteiger partial charge in [0.1, 0.15) is 17.4 Å². The number of benzene rings is 2. The van der Waals surface area contributed by atoms with Gasteiger partial charge in [0.05, 0.1) is 17.5 Å². The number of hydrogen-bond donors (Lipinski definition) is 1. The number of thiazole rings is 1. The smallest absolute Gasteiger partial charge is 0.337 e. The zero-order valence-corrected chi connectivity index (χ0v) is 23.1. The lowest BCUT2D eigenvalue weighted by Gasteiger charge is -2.21. The molecule has 0 atom stereocenters. The molecule has 0 aliphatic rings. The molecule has 7 heteroatoms. The van der Waals surface area contributed by atoms with Crippen LogP contribution >= 0.6 is 11.3 Å². The van der Waals surface area contributed by atoms with Gasteiger partial charge in [0.25, 0.3) is 0 Å². The van der Waals surface area contributed by atoms with E-state index in [4.69, 9.17) is 9.84 Å². The van der Waals surface area contributed by atoms with Crippen LogP contribution in [0.2, 0.25) is 0 Å². The van der Waals surface area contributed by atoms with Crippen LogP contribution in [0.1, 0.15) is 71.9 Å². The Hall–Kier alpha value is -3.71. The number of hydrogen-bond acceptors (Lipinski definition) is 6. The Morgan fingerprint density at radius 2 is 1.74 bits per heavy atom. The summed E-state index contributed by atoms with van der Waals surface area (Å²) in [6, 6.07) is 19.1. The fourth-order valence-corrected chi connectivity index (χ4v) is 5.31. The molecule has 2 heterocycles. The van der Waals surface area contributed by atoms with Crippen molar-refractivity contribution < 1.29 is 14.6 Å². The van der Waals surface area contributed by atoms with Crippen molar-refractivity contribution in [3.63, 3.8) is 0 Å². The number of ether oxygens (including phenoxy) is 1. The fraction of sp³-hybridized carbons (Fsp3) is 0.323. The molecule has 0 amide bonds. The molecule has 0 unspecified atom stereocenters. The van der Waals surface area contributed by atoms with E-state index in [9.17, 15) is 4.79 Å². The SMILES string of the molecule is CCCC(CCC)c1ccc(CN(C)c2ccc(-c3csc(COc4cncc(C(=O)O)c4)n3)cc2)cc1. The summed E-state index contributed by atoms with van der Waals surface area (Å²) in [5, 5.41) is 11.9. The third-order valence-electron chi connectivity index (χ3n) is 6.62. The Morgan fingerprint density at radius 3 is 2.39 bits per heavy atom. The van der Waals surface area contributed by atoms with Crippen LogP contribution in [0, 0.1) is 0 Å². The van der Waals surface area contributed by atoms with Crippen molar-refractivity contribution >= 4 is 23.0 Å². The summed E-state index contributed by atoms with van der Waals surface area (Å²) in [6.07, 6.45) is 7.75. The predicted molar refractivity (Wildman–Crippen MR) is 154 cm³/mol. The van der Waals surface area contributed by atoms with Gasteiger partial charge in [-0.2, -0.15) is 0 Å². The van der Waals surface area contributed by atoms with Gasteiger partial charge >= 0.3 is 5.97 Å². The van der Waals surface area contributed by atoms with Crippen molar-refractivity contribution in [3.8, 4) is 17.0 Å². The van der Waals surface area contributed by atoms with Gasteiger partial charge in [-0.3, -0.25) is 4.98 Å². The summed E-state index contributed by atoms with van der Waals surface area (Å²) in [6.45, 7) is 5.64. The highest BCUT2D eigenvalue weighted by molar-refractivity contribution is 7.09. The van der Waals surface area contributed by atoms with E-state index in [2.05, 4.69) is 84.3 Å². The number of aromatic nitrogens is 2. The van der Waals surface area contributed by atoms with E-state index in [1.807, 2.05) is 5.38 Å². The van der Waals surface area contributed by atoms with Gasteiger partial charge in [-0.1, -0.05) is 63.1 Å². The van der Waals surface area contributed by atoms with Crippen LogP contribution < -0.4 is 9.64 Å². The molecule has 4 aromatic rings. The van der Waals surface area contributed by atoms with Crippen LogP contribution in [0.4, 0.5) is 5.69 Å². The van der Waals surface area contributed by atoms with Crippen molar-refractivity contribution in [1.29, 1.82) is 0 Å². The van der Waals surface area contributed by atoms with E-state index < -0.39 is 5.97 Å². The van der Waals surface area contributed by atoms with E-state index in [0.717, 1.165) is 28.5 Å².